The molecule has 102 valence electrons. The monoisotopic (exact) mass is 269 g/mol. The predicted molar refractivity (Wildman–Crippen MR) is 73.2 cm³/mol. The Kier molecular flexibility index (Phi) is 2.25. The summed E-state index contributed by atoms with van der Waals surface area (Å²) in [5.41, 5.74) is 2.78. The van der Waals surface area contributed by atoms with Crippen LogP contribution in [0.4, 0.5) is 5.69 Å². The minimum atomic E-state index is -0.335. The fraction of sp³-hybridized carbons (Fsp3) is 0.375. The minimum Gasteiger partial charge on any atom is -0.365 e. The molecule has 3 aliphatic rings. The van der Waals surface area contributed by atoms with Crippen LogP contribution in [0.3, 0.4) is 0 Å². The Hall–Kier alpha value is -1.94. The highest BCUT2D eigenvalue weighted by Crippen LogP contribution is 2.46. The summed E-state index contributed by atoms with van der Waals surface area (Å²) in [6.07, 6.45) is 3.36. The van der Waals surface area contributed by atoms with E-state index in [0.29, 0.717) is 5.69 Å². The molecular formula is C16H15NO3. The lowest BCUT2D eigenvalue weighted by molar-refractivity contribution is -0.124. The molecule has 0 spiro atoms. The molecule has 2 bridgehead atoms. The van der Waals surface area contributed by atoms with Crippen molar-refractivity contribution in [2.45, 2.75) is 26.1 Å². The van der Waals surface area contributed by atoms with Crippen molar-refractivity contribution in [3.8, 4) is 0 Å². The van der Waals surface area contributed by atoms with Crippen molar-refractivity contribution in [2.75, 3.05) is 4.90 Å². The van der Waals surface area contributed by atoms with Gasteiger partial charge < -0.3 is 4.74 Å². The van der Waals surface area contributed by atoms with Crippen molar-refractivity contribution < 1.29 is 14.3 Å². The van der Waals surface area contributed by atoms with Gasteiger partial charge in [-0.2, -0.15) is 0 Å². The quantitative estimate of drug-likeness (QED) is 0.576. The molecule has 0 radical (unpaired) electrons. The number of ether oxygens (including phenoxy) is 1. The van der Waals surface area contributed by atoms with Gasteiger partial charge in [0, 0.05) is 0 Å². The molecule has 20 heavy (non-hydrogen) atoms. The van der Waals surface area contributed by atoms with Crippen LogP contribution in [-0.2, 0) is 14.3 Å². The van der Waals surface area contributed by atoms with E-state index in [1.165, 1.54) is 4.90 Å². The van der Waals surface area contributed by atoms with E-state index in [1.54, 1.807) is 0 Å². The van der Waals surface area contributed by atoms with Crippen molar-refractivity contribution in [1.29, 1.82) is 0 Å². The van der Waals surface area contributed by atoms with Crippen LogP contribution in [0, 0.1) is 25.7 Å². The molecule has 4 rings (SSSR count). The molecule has 1 aromatic carbocycles. The largest absolute Gasteiger partial charge is 0.365 e. The fourth-order valence-corrected chi connectivity index (χ4v) is 3.60. The van der Waals surface area contributed by atoms with Crippen molar-refractivity contribution in [2.24, 2.45) is 11.8 Å². The summed E-state index contributed by atoms with van der Waals surface area (Å²) in [7, 11) is 0. The molecule has 0 aromatic heterocycles. The SMILES string of the molecule is Cc1ccc(N2C(=O)[C@@H]3[C@H](C2=O)[C@@H]2C=C[C@@H]3O2)c(C)c1. The number of nitrogens with zero attached hydrogens (tertiary/aromatic N) is 1. The summed E-state index contributed by atoms with van der Waals surface area (Å²) in [6, 6.07) is 5.78. The van der Waals surface area contributed by atoms with E-state index in [0.717, 1.165) is 11.1 Å². The van der Waals surface area contributed by atoms with Gasteiger partial charge in [0.1, 0.15) is 0 Å². The highest BCUT2D eigenvalue weighted by molar-refractivity contribution is 6.23. The van der Waals surface area contributed by atoms with Crippen molar-refractivity contribution in [3.63, 3.8) is 0 Å². The van der Waals surface area contributed by atoms with Crippen LogP contribution in [0.25, 0.3) is 0 Å². The van der Waals surface area contributed by atoms with Crippen LogP contribution in [0.15, 0.2) is 30.4 Å². The van der Waals surface area contributed by atoms with Gasteiger partial charge >= 0.3 is 0 Å². The van der Waals surface area contributed by atoms with Gasteiger partial charge in [-0.25, -0.2) is 4.90 Å². The Morgan fingerprint density at radius 2 is 1.60 bits per heavy atom. The van der Waals surface area contributed by atoms with Crippen LogP contribution >= 0.6 is 0 Å². The Bertz CT molecular complexity index is 634. The number of amides is 2. The molecule has 0 unspecified atom stereocenters. The number of hydrogen-bond donors (Lipinski definition) is 0. The third kappa shape index (κ3) is 1.34. The second kappa shape index (κ2) is 3.79. The molecule has 1 aromatic rings. The summed E-state index contributed by atoms with van der Waals surface area (Å²) in [5, 5.41) is 0. The average Bonchev–Trinajstić information content (AvgIpc) is 3.06. The normalized spacial score (nSPS) is 34.2. The number of imide groups is 1. The molecule has 2 fully saturated rings. The lowest BCUT2D eigenvalue weighted by Crippen LogP contribution is -2.34. The Labute approximate surface area is 117 Å². The third-order valence-electron chi connectivity index (χ3n) is 4.50. The van der Waals surface area contributed by atoms with Crippen LogP contribution in [0.2, 0.25) is 0 Å². The number of carbonyl (C=O) groups is 2. The van der Waals surface area contributed by atoms with Gasteiger partial charge in [-0.3, -0.25) is 9.59 Å². The summed E-state index contributed by atoms with van der Waals surface area (Å²) >= 11 is 0. The first-order valence-corrected chi connectivity index (χ1v) is 6.87. The number of fused-ring (bicyclic) bond motifs is 5. The van der Waals surface area contributed by atoms with Crippen LogP contribution in [0.5, 0.6) is 0 Å². The maximum atomic E-state index is 12.6. The molecule has 3 aliphatic heterocycles. The maximum absolute atomic E-state index is 12.6. The van der Waals surface area contributed by atoms with E-state index >= 15 is 0 Å². The Balaban J connectivity index is 1.78. The van der Waals surface area contributed by atoms with Crippen molar-refractivity contribution >= 4 is 17.5 Å². The lowest BCUT2D eigenvalue weighted by atomic mass is 9.85. The van der Waals surface area contributed by atoms with Gasteiger partial charge in [0.05, 0.1) is 29.7 Å². The topological polar surface area (TPSA) is 46.6 Å². The van der Waals surface area contributed by atoms with E-state index in [1.807, 2.05) is 44.2 Å². The molecule has 4 heteroatoms. The standard InChI is InChI=1S/C16H15NO3/c1-8-3-4-10(9(2)7-8)17-15(18)13-11-5-6-12(20-11)14(13)16(17)19/h3-7,11-14H,1-2H3/t11-,12-,13-,14+/m0/s1. The number of aryl methyl sites for hydroxylation is 2. The summed E-state index contributed by atoms with van der Waals surface area (Å²) in [6.45, 7) is 3.93. The predicted octanol–water partition coefficient (Wildman–Crippen LogP) is 1.75. The zero-order chi connectivity index (χ0) is 14.0. The average molecular weight is 269 g/mol. The number of anilines is 1. The molecule has 4 atom stereocenters. The maximum Gasteiger partial charge on any atom is 0.240 e. The molecule has 4 nitrogen and oxygen atoms in total. The number of benzene rings is 1. The first-order valence-electron chi connectivity index (χ1n) is 6.87. The van der Waals surface area contributed by atoms with Gasteiger partial charge in [0.25, 0.3) is 0 Å². The molecule has 0 aliphatic carbocycles. The molecule has 2 amide bonds. The second-order valence-corrected chi connectivity index (χ2v) is 5.80. The smallest absolute Gasteiger partial charge is 0.240 e. The van der Waals surface area contributed by atoms with Gasteiger partial charge in [-0.15, -0.1) is 0 Å². The first kappa shape index (κ1) is 11.9. The molecule has 2 saturated heterocycles. The summed E-state index contributed by atoms with van der Waals surface area (Å²) in [5.74, 6) is -0.913. The zero-order valence-corrected chi connectivity index (χ0v) is 11.4. The molecule has 0 saturated carbocycles. The molecule has 3 heterocycles. The summed E-state index contributed by atoms with van der Waals surface area (Å²) in [4.78, 5) is 26.6. The van der Waals surface area contributed by atoms with Gasteiger partial charge in [0.15, 0.2) is 0 Å². The molecule has 0 N–H and O–H groups in total. The number of carbonyl (C=O) groups excluding carboxylic acids is 2. The highest BCUT2D eigenvalue weighted by Gasteiger charge is 2.61. The van der Waals surface area contributed by atoms with Crippen molar-refractivity contribution in [1.82, 2.24) is 0 Å². The van der Waals surface area contributed by atoms with E-state index in [4.69, 9.17) is 4.74 Å². The van der Waals surface area contributed by atoms with Crippen LogP contribution < -0.4 is 4.90 Å². The van der Waals surface area contributed by atoms with Gasteiger partial charge in [0.2, 0.25) is 11.8 Å². The minimum absolute atomic E-state index is 0.121. The first-order chi connectivity index (χ1) is 9.58. The van der Waals surface area contributed by atoms with E-state index in [9.17, 15) is 9.59 Å². The molecular weight excluding hydrogens is 254 g/mol. The second-order valence-electron chi connectivity index (χ2n) is 5.80. The summed E-state index contributed by atoms with van der Waals surface area (Å²) < 4.78 is 5.63. The fourth-order valence-electron chi connectivity index (χ4n) is 3.60. The number of rotatable bonds is 1. The lowest BCUT2D eigenvalue weighted by Gasteiger charge is -2.19. The highest BCUT2D eigenvalue weighted by atomic mass is 16.5. The third-order valence-corrected chi connectivity index (χ3v) is 4.50. The Morgan fingerprint density at radius 1 is 1.00 bits per heavy atom. The zero-order valence-electron chi connectivity index (χ0n) is 11.4. The van der Waals surface area contributed by atoms with E-state index in [-0.39, 0.29) is 35.9 Å². The van der Waals surface area contributed by atoms with E-state index < -0.39 is 0 Å². The number of hydrogen-bond acceptors (Lipinski definition) is 3. The Morgan fingerprint density at radius 3 is 2.15 bits per heavy atom. The van der Waals surface area contributed by atoms with Crippen LogP contribution in [0.1, 0.15) is 11.1 Å². The van der Waals surface area contributed by atoms with Crippen molar-refractivity contribution in [3.05, 3.63) is 41.5 Å². The van der Waals surface area contributed by atoms with Gasteiger partial charge in [-0.1, -0.05) is 29.8 Å². The van der Waals surface area contributed by atoms with E-state index in [2.05, 4.69) is 0 Å². The van der Waals surface area contributed by atoms with Crippen LogP contribution in [-0.4, -0.2) is 24.0 Å². The van der Waals surface area contributed by atoms with Gasteiger partial charge in [-0.05, 0) is 25.5 Å².